The molecule has 1 aliphatic carbocycles. The Morgan fingerprint density at radius 1 is 1.13 bits per heavy atom. The van der Waals surface area contributed by atoms with Gasteiger partial charge in [-0.3, -0.25) is 0 Å². The van der Waals surface area contributed by atoms with E-state index in [0.29, 0.717) is 6.04 Å². The van der Waals surface area contributed by atoms with Crippen LogP contribution in [0.1, 0.15) is 36.8 Å². The Morgan fingerprint density at radius 3 is 2.47 bits per heavy atom. The molecule has 2 rings (SSSR count). The molecule has 1 aliphatic rings. The van der Waals surface area contributed by atoms with Crippen LogP contribution in [0.3, 0.4) is 0 Å². The molecule has 1 aromatic rings. The van der Waals surface area contributed by atoms with Crippen LogP contribution in [-0.4, -0.2) is 11.1 Å². The Bertz CT molecular complexity index is 305. The summed E-state index contributed by atoms with van der Waals surface area (Å²) in [4.78, 5) is 0. The van der Waals surface area contributed by atoms with Crippen molar-refractivity contribution in [2.75, 3.05) is 0 Å². The van der Waals surface area contributed by atoms with Gasteiger partial charge in [0, 0.05) is 12.6 Å². The summed E-state index contributed by atoms with van der Waals surface area (Å²) in [5.74, 6) is 0. The number of nitrogens with one attached hydrogen (secondary N) is 1. The Balaban J connectivity index is 1.91. The maximum Gasteiger partial charge on any atom is 0.0685 e. The van der Waals surface area contributed by atoms with Crippen molar-refractivity contribution >= 4 is 0 Å². The van der Waals surface area contributed by atoms with Crippen LogP contribution in [-0.2, 0) is 13.2 Å². The number of aliphatic hydroxyl groups is 1. The molecule has 82 valence electrons. The predicted octanol–water partition coefficient (Wildman–Crippen LogP) is 2.21. The van der Waals surface area contributed by atoms with E-state index in [9.17, 15) is 5.11 Å². The standard InChI is InChI=1S/C13H19NO/c15-10-12-6-2-1-5-11(12)9-14-13-7-3-4-8-13/h1-2,5-6,13-15H,3-4,7-10H2. The quantitative estimate of drug-likeness (QED) is 0.790. The van der Waals surface area contributed by atoms with Gasteiger partial charge in [-0.05, 0) is 24.0 Å². The van der Waals surface area contributed by atoms with Gasteiger partial charge < -0.3 is 10.4 Å². The van der Waals surface area contributed by atoms with Crippen LogP contribution in [0.4, 0.5) is 0 Å². The van der Waals surface area contributed by atoms with Crippen LogP contribution in [0.2, 0.25) is 0 Å². The van der Waals surface area contributed by atoms with Gasteiger partial charge in [0.25, 0.3) is 0 Å². The average Bonchev–Trinajstić information content (AvgIpc) is 2.79. The van der Waals surface area contributed by atoms with E-state index in [2.05, 4.69) is 11.4 Å². The molecule has 15 heavy (non-hydrogen) atoms. The smallest absolute Gasteiger partial charge is 0.0685 e. The number of hydrogen-bond acceptors (Lipinski definition) is 2. The fourth-order valence-corrected chi connectivity index (χ4v) is 2.27. The van der Waals surface area contributed by atoms with E-state index in [-0.39, 0.29) is 6.61 Å². The summed E-state index contributed by atoms with van der Waals surface area (Å²) in [7, 11) is 0. The molecule has 2 heteroatoms. The van der Waals surface area contributed by atoms with Crippen molar-refractivity contribution in [1.29, 1.82) is 0 Å². The van der Waals surface area contributed by atoms with E-state index in [4.69, 9.17) is 0 Å². The van der Waals surface area contributed by atoms with Crippen molar-refractivity contribution < 1.29 is 5.11 Å². The van der Waals surface area contributed by atoms with Crippen molar-refractivity contribution in [2.24, 2.45) is 0 Å². The van der Waals surface area contributed by atoms with Gasteiger partial charge in [0.2, 0.25) is 0 Å². The van der Waals surface area contributed by atoms with Gasteiger partial charge in [0.1, 0.15) is 0 Å². The maximum absolute atomic E-state index is 9.18. The van der Waals surface area contributed by atoms with E-state index in [1.807, 2.05) is 18.2 Å². The topological polar surface area (TPSA) is 32.3 Å². The summed E-state index contributed by atoms with van der Waals surface area (Å²) in [6, 6.07) is 8.78. The van der Waals surface area contributed by atoms with Crippen molar-refractivity contribution in [3.63, 3.8) is 0 Å². The number of hydrogen-bond donors (Lipinski definition) is 2. The lowest BCUT2D eigenvalue weighted by atomic mass is 10.1. The molecule has 2 N–H and O–H groups in total. The lowest BCUT2D eigenvalue weighted by molar-refractivity contribution is 0.280. The molecular formula is C13H19NO. The van der Waals surface area contributed by atoms with E-state index < -0.39 is 0 Å². The lowest BCUT2D eigenvalue weighted by Crippen LogP contribution is -2.25. The third-order valence-electron chi connectivity index (χ3n) is 3.23. The van der Waals surface area contributed by atoms with Gasteiger partial charge in [-0.2, -0.15) is 0 Å². The van der Waals surface area contributed by atoms with Crippen LogP contribution >= 0.6 is 0 Å². The van der Waals surface area contributed by atoms with Crippen molar-refractivity contribution in [3.05, 3.63) is 35.4 Å². The van der Waals surface area contributed by atoms with Crippen LogP contribution < -0.4 is 5.32 Å². The molecule has 0 bridgehead atoms. The van der Waals surface area contributed by atoms with Gasteiger partial charge in [0.15, 0.2) is 0 Å². The second-order valence-electron chi connectivity index (χ2n) is 4.29. The minimum absolute atomic E-state index is 0.141. The molecule has 0 aromatic heterocycles. The Labute approximate surface area is 91.3 Å². The third kappa shape index (κ3) is 2.80. The molecule has 0 saturated heterocycles. The van der Waals surface area contributed by atoms with E-state index in [0.717, 1.165) is 12.1 Å². The summed E-state index contributed by atoms with van der Waals surface area (Å²) in [6.45, 7) is 1.03. The average molecular weight is 205 g/mol. The van der Waals surface area contributed by atoms with Crippen molar-refractivity contribution in [1.82, 2.24) is 5.32 Å². The molecular weight excluding hydrogens is 186 g/mol. The van der Waals surface area contributed by atoms with Gasteiger partial charge in [-0.15, -0.1) is 0 Å². The highest BCUT2D eigenvalue weighted by Gasteiger charge is 2.14. The summed E-state index contributed by atoms with van der Waals surface area (Å²) in [5, 5.41) is 12.7. The van der Waals surface area contributed by atoms with Crippen molar-refractivity contribution in [3.8, 4) is 0 Å². The summed E-state index contributed by atoms with van der Waals surface area (Å²) in [5.41, 5.74) is 2.27. The second-order valence-corrected chi connectivity index (χ2v) is 4.29. The zero-order chi connectivity index (χ0) is 10.5. The largest absolute Gasteiger partial charge is 0.392 e. The van der Waals surface area contributed by atoms with Crippen LogP contribution in [0.5, 0.6) is 0 Å². The molecule has 2 nitrogen and oxygen atoms in total. The minimum atomic E-state index is 0.141. The molecule has 0 atom stereocenters. The third-order valence-corrected chi connectivity index (χ3v) is 3.23. The normalized spacial score (nSPS) is 17.1. The Kier molecular flexibility index (Phi) is 3.75. The van der Waals surface area contributed by atoms with Crippen LogP contribution in [0, 0.1) is 0 Å². The number of aliphatic hydroxyl groups excluding tert-OH is 1. The monoisotopic (exact) mass is 205 g/mol. The number of rotatable bonds is 4. The predicted molar refractivity (Wildman–Crippen MR) is 61.5 cm³/mol. The van der Waals surface area contributed by atoms with Gasteiger partial charge in [0.05, 0.1) is 6.61 Å². The maximum atomic E-state index is 9.18. The summed E-state index contributed by atoms with van der Waals surface area (Å²) in [6.07, 6.45) is 5.33. The highest BCUT2D eigenvalue weighted by atomic mass is 16.3. The first-order valence-corrected chi connectivity index (χ1v) is 5.81. The van der Waals surface area contributed by atoms with Crippen LogP contribution in [0.15, 0.2) is 24.3 Å². The molecule has 0 amide bonds. The van der Waals surface area contributed by atoms with E-state index in [1.54, 1.807) is 0 Å². The zero-order valence-electron chi connectivity index (χ0n) is 9.08. The number of benzene rings is 1. The molecule has 0 unspecified atom stereocenters. The van der Waals surface area contributed by atoms with Crippen LogP contribution in [0.25, 0.3) is 0 Å². The fraction of sp³-hybridized carbons (Fsp3) is 0.538. The van der Waals surface area contributed by atoms with E-state index in [1.165, 1.54) is 31.2 Å². The first kappa shape index (κ1) is 10.7. The first-order valence-electron chi connectivity index (χ1n) is 5.81. The highest BCUT2D eigenvalue weighted by molar-refractivity contribution is 5.26. The lowest BCUT2D eigenvalue weighted by Gasteiger charge is -2.13. The SMILES string of the molecule is OCc1ccccc1CNC1CCCC1. The molecule has 0 spiro atoms. The molecule has 1 saturated carbocycles. The summed E-state index contributed by atoms with van der Waals surface area (Å²) < 4.78 is 0. The zero-order valence-corrected chi connectivity index (χ0v) is 9.08. The second kappa shape index (κ2) is 5.29. The fourth-order valence-electron chi connectivity index (χ4n) is 2.27. The highest BCUT2D eigenvalue weighted by Crippen LogP contribution is 2.18. The molecule has 1 fully saturated rings. The van der Waals surface area contributed by atoms with Gasteiger partial charge in [-0.25, -0.2) is 0 Å². The summed E-state index contributed by atoms with van der Waals surface area (Å²) >= 11 is 0. The van der Waals surface area contributed by atoms with E-state index >= 15 is 0 Å². The first-order chi connectivity index (χ1) is 7.40. The minimum Gasteiger partial charge on any atom is -0.392 e. The molecule has 0 heterocycles. The molecule has 0 aliphatic heterocycles. The Hall–Kier alpha value is -0.860. The van der Waals surface area contributed by atoms with Gasteiger partial charge in [-0.1, -0.05) is 37.1 Å². The molecule has 0 radical (unpaired) electrons. The molecule has 1 aromatic carbocycles. The van der Waals surface area contributed by atoms with Gasteiger partial charge >= 0.3 is 0 Å². The Morgan fingerprint density at radius 2 is 1.80 bits per heavy atom. The van der Waals surface area contributed by atoms with Crippen molar-refractivity contribution in [2.45, 2.75) is 44.9 Å².